The minimum atomic E-state index is -3.49. The number of nitrogens with zero attached hydrogens (tertiary/aromatic N) is 1. The van der Waals surface area contributed by atoms with Gasteiger partial charge in [-0.15, -0.1) is 0 Å². The summed E-state index contributed by atoms with van der Waals surface area (Å²) in [6.07, 6.45) is 0. The van der Waals surface area contributed by atoms with Crippen LogP contribution < -0.4 is 4.72 Å². The van der Waals surface area contributed by atoms with Crippen LogP contribution in [0.2, 0.25) is 0 Å². The Hall–Kier alpha value is -0.430. The largest absolute Gasteiger partial charge is 0.280 e. The summed E-state index contributed by atoms with van der Waals surface area (Å²) in [5.74, 6) is 0. The molecule has 0 radical (unpaired) electrons. The molecule has 0 saturated heterocycles. The highest BCUT2D eigenvalue weighted by atomic mass is 79.9. The zero-order chi connectivity index (χ0) is 14.5. The molecule has 1 rings (SSSR count). The van der Waals surface area contributed by atoms with E-state index >= 15 is 0 Å². The van der Waals surface area contributed by atoms with Gasteiger partial charge in [0.25, 0.3) is 10.2 Å². The van der Waals surface area contributed by atoms with Gasteiger partial charge in [-0.05, 0) is 12.5 Å². The first-order valence-corrected chi connectivity index (χ1v) is 8.86. The van der Waals surface area contributed by atoms with Gasteiger partial charge in [0.05, 0.1) is 5.54 Å². The molecule has 0 spiro atoms. The predicted molar refractivity (Wildman–Crippen MR) is 82.6 cm³/mol. The van der Waals surface area contributed by atoms with E-state index in [1.807, 2.05) is 51.1 Å². The minimum absolute atomic E-state index is 0.457. The molecule has 0 saturated carbocycles. The van der Waals surface area contributed by atoms with E-state index in [1.165, 1.54) is 4.31 Å². The highest BCUT2D eigenvalue weighted by molar-refractivity contribution is 9.09. The molecule has 0 aliphatic rings. The first-order chi connectivity index (χ1) is 8.89. The van der Waals surface area contributed by atoms with Gasteiger partial charge in [-0.1, -0.05) is 60.1 Å². The van der Waals surface area contributed by atoms with E-state index in [1.54, 1.807) is 0 Å². The fourth-order valence-corrected chi connectivity index (χ4v) is 4.10. The van der Waals surface area contributed by atoms with E-state index in [4.69, 9.17) is 0 Å². The first-order valence-electron chi connectivity index (χ1n) is 6.30. The van der Waals surface area contributed by atoms with Gasteiger partial charge in [0.2, 0.25) is 0 Å². The van der Waals surface area contributed by atoms with Crippen molar-refractivity contribution in [3.05, 3.63) is 35.9 Å². The van der Waals surface area contributed by atoms with Crippen molar-refractivity contribution in [2.75, 3.05) is 18.4 Å². The highest BCUT2D eigenvalue weighted by Crippen LogP contribution is 2.24. The van der Waals surface area contributed by atoms with Crippen molar-refractivity contribution in [1.82, 2.24) is 9.03 Å². The molecule has 0 aliphatic heterocycles. The quantitative estimate of drug-likeness (QED) is 0.769. The average Bonchev–Trinajstić information content (AvgIpc) is 2.40. The first kappa shape index (κ1) is 16.6. The lowest BCUT2D eigenvalue weighted by Gasteiger charge is -2.32. The maximum absolute atomic E-state index is 12.3. The molecule has 0 bridgehead atoms. The summed E-state index contributed by atoms with van der Waals surface area (Å²) in [4.78, 5) is 0. The van der Waals surface area contributed by atoms with Gasteiger partial charge in [0.1, 0.15) is 0 Å². The standard InChI is InChI=1S/C13H21BrN2O2S/c1-4-16(5-2)19(17,18)15-13(3,11-14)12-9-7-6-8-10-12/h6-10,15H,4-5,11H2,1-3H3. The molecule has 1 aromatic rings. The summed E-state index contributed by atoms with van der Waals surface area (Å²) in [6.45, 7) is 6.45. The third kappa shape index (κ3) is 4.02. The van der Waals surface area contributed by atoms with Crippen molar-refractivity contribution in [1.29, 1.82) is 0 Å². The van der Waals surface area contributed by atoms with Crippen LogP contribution in [0.4, 0.5) is 0 Å². The molecular formula is C13H21BrN2O2S. The molecule has 4 nitrogen and oxygen atoms in total. The fourth-order valence-electron chi connectivity index (χ4n) is 1.88. The molecule has 1 atom stereocenters. The molecule has 6 heteroatoms. The van der Waals surface area contributed by atoms with Crippen LogP contribution in [-0.4, -0.2) is 31.1 Å². The van der Waals surface area contributed by atoms with Crippen molar-refractivity contribution in [2.45, 2.75) is 26.3 Å². The molecule has 1 aromatic carbocycles. The minimum Gasteiger partial charge on any atom is -0.195 e. The number of alkyl halides is 1. The Kier molecular flexibility index (Phi) is 5.98. The summed E-state index contributed by atoms with van der Waals surface area (Å²) in [5.41, 5.74) is 0.269. The topological polar surface area (TPSA) is 49.4 Å². The van der Waals surface area contributed by atoms with Crippen molar-refractivity contribution in [2.24, 2.45) is 0 Å². The molecule has 0 fully saturated rings. The van der Waals surface area contributed by atoms with Crippen LogP contribution in [0.3, 0.4) is 0 Å². The number of nitrogens with one attached hydrogen (secondary N) is 1. The lowest BCUT2D eigenvalue weighted by Crippen LogP contribution is -2.51. The van der Waals surface area contributed by atoms with Gasteiger partial charge < -0.3 is 0 Å². The van der Waals surface area contributed by atoms with Crippen molar-refractivity contribution in [3.63, 3.8) is 0 Å². The van der Waals surface area contributed by atoms with Gasteiger partial charge in [0.15, 0.2) is 0 Å². The molecule has 0 heterocycles. The highest BCUT2D eigenvalue weighted by Gasteiger charge is 2.32. The molecule has 0 amide bonds. The van der Waals surface area contributed by atoms with Crippen LogP contribution in [0.25, 0.3) is 0 Å². The number of benzene rings is 1. The molecule has 1 unspecified atom stereocenters. The van der Waals surface area contributed by atoms with Crippen LogP contribution in [0.5, 0.6) is 0 Å². The van der Waals surface area contributed by atoms with Crippen molar-refractivity contribution >= 4 is 26.1 Å². The van der Waals surface area contributed by atoms with Crippen LogP contribution in [0.1, 0.15) is 26.3 Å². The molecule has 0 aliphatic carbocycles. The number of rotatable bonds is 7. The third-order valence-corrected chi connectivity index (χ3v) is 6.10. The smallest absolute Gasteiger partial charge is 0.195 e. The van der Waals surface area contributed by atoms with Crippen LogP contribution in [0.15, 0.2) is 30.3 Å². The summed E-state index contributed by atoms with van der Waals surface area (Å²) < 4.78 is 28.9. The second-order valence-corrected chi connectivity index (χ2v) is 6.75. The van der Waals surface area contributed by atoms with Crippen LogP contribution >= 0.6 is 15.9 Å². The van der Waals surface area contributed by atoms with Gasteiger partial charge in [0, 0.05) is 18.4 Å². The van der Waals surface area contributed by atoms with Gasteiger partial charge in [-0.3, -0.25) is 0 Å². The van der Waals surface area contributed by atoms with Crippen LogP contribution in [-0.2, 0) is 15.7 Å². The Morgan fingerprint density at radius 1 is 1.21 bits per heavy atom. The van der Waals surface area contributed by atoms with Gasteiger partial charge in [-0.25, -0.2) is 0 Å². The van der Waals surface area contributed by atoms with Gasteiger partial charge >= 0.3 is 0 Å². The van der Waals surface area contributed by atoms with E-state index in [0.29, 0.717) is 18.4 Å². The summed E-state index contributed by atoms with van der Waals surface area (Å²) in [6, 6.07) is 9.57. The number of hydrogen-bond donors (Lipinski definition) is 1. The number of halogens is 1. The Labute approximate surface area is 124 Å². The summed E-state index contributed by atoms with van der Waals surface area (Å²) >= 11 is 3.41. The third-order valence-electron chi connectivity index (χ3n) is 3.08. The maximum atomic E-state index is 12.3. The van der Waals surface area contributed by atoms with Crippen molar-refractivity contribution < 1.29 is 8.42 Å². The second kappa shape index (κ2) is 6.83. The molecule has 108 valence electrons. The fraction of sp³-hybridized carbons (Fsp3) is 0.538. The Bertz CT molecular complexity index is 489. The molecule has 0 aromatic heterocycles. The SMILES string of the molecule is CCN(CC)S(=O)(=O)NC(C)(CBr)c1ccccc1. The Balaban J connectivity index is 3.06. The van der Waals surface area contributed by atoms with E-state index in [2.05, 4.69) is 20.7 Å². The average molecular weight is 349 g/mol. The second-order valence-electron chi connectivity index (χ2n) is 4.52. The zero-order valence-corrected chi connectivity index (χ0v) is 14.0. The van der Waals surface area contributed by atoms with Gasteiger partial charge in [-0.2, -0.15) is 17.4 Å². The summed E-state index contributed by atoms with van der Waals surface area (Å²) in [7, 11) is -3.49. The maximum Gasteiger partial charge on any atom is 0.280 e. The summed E-state index contributed by atoms with van der Waals surface area (Å²) in [5, 5.41) is 0.504. The van der Waals surface area contributed by atoms with E-state index in [9.17, 15) is 8.42 Å². The molecular weight excluding hydrogens is 328 g/mol. The lowest BCUT2D eigenvalue weighted by atomic mass is 9.96. The number of hydrogen-bond acceptors (Lipinski definition) is 2. The van der Waals surface area contributed by atoms with E-state index in [0.717, 1.165) is 5.56 Å². The molecule has 19 heavy (non-hydrogen) atoms. The van der Waals surface area contributed by atoms with E-state index in [-0.39, 0.29) is 0 Å². The van der Waals surface area contributed by atoms with Crippen molar-refractivity contribution in [3.8, 4) is 0 Å². The lowest BCUT2D eigenvalue weighted by molar-refractivity contribution is 0.403. The zero-order valence-electron chi connectivity index (χ0n) is 11.6. The van der Waals surface area contributed by atoms with E-state index < -0.39 is 15.7 Å². The Morgan fingerprint density at radius 3 is 2.16 bits per heavy atom. The molecule has 1 N–H and O–H groups in total. The normalized spacial score (nSPS) is 15.4. The van der Waals surface area contributed by atoms with Crippen LogP contribution in [0, 0.1) is 0 Å². The Morgan fingerprint density at radius 2 is 1.74 bits per heavy atom. The monoisotopic (exact) mass is 348 g/mol. The predicted octanol–water partition coefficient (Wildman–Crippen LogP) is 2.47.